The SMILES string of the molecule is C/C=C/CCC1CCC(c2ccc(C3CCc4cc(CCCC)ccc4C3)cc2)CC1. The molecule has 1 atom stereocenters. The molecule has 0 spiro atoms. The van der Waals surface area contributed by atoms with Gasteiger partial charge in [-0.1, -0.05) is 68.0 Å². The fraction of sp³-hybridized carbons (Fsp3) is 0.548. The van der Waals surface area contributed by atoms with Crippen LogP contribution in [0.15, 0.2) is 54.6 Å². The lowest BCUT2D eigenvalue weighted by atomic mass is 9.76. The number of fused-ring (bicyclic) bond motifs is 1. The van der Waals surface area contributed by atoms with Crippen molar-refractivity contribution >= 4 is 0 Å². The van der Waals surface area contributed by atoms with Crippen molar-refractivity contribution < 1.29 is 0 Å². The van der Waals surface area contributed by atoms with E-state index in [2.05, 4.69) is 68.5 Å². The van der Waals surface area contributed by atoms with Gasteiger partial charge in [-0.3, -0.25) is 0 Å². The van der Waals surface area contributed by atoms with Gasteiger partial charge in [0.05, 0.1) is 0 Å². The molecule has 166 valence electrons. The summed E-state index contributed by atoms with van der Waals surface area (Å²) in [4.78, 5) is 0. The maximum absolute atomic E-state index is 2.50. The normalized spacial score (nSPS) is 23.7. The molecule has 1 unspecified atom stereocenters. The molecule has 0 N–H and O–H groups in total. The predicted octanol–water partition coefficient (Wildman–Crippen LogP) is 8.93. The van der Waals surface area contributed by atoms with Crippen LogP contribution < -0.4 is 0 Å². The van der Waals surface area contributed by atoms with E-state index in [-0.39, 0.29) is 0 Å². The van der Waals surface area contributed by atoms with E-state index < -0.39 is 0 Å². The highest BCUT2D eigenvalue weighted by Gasteiger charge is 2.23. The lowest BCUT2D eigenvalue weighted by Gasteiger charge is -2.29. The van der Waals surface area contributed by atoms with Gasteiger partial charge in [0.15, 0.2) is 0 Å². The summed E-state index contributed by atoms with van der Waals surface area (Å²) in [6, 6.07) is 17.1. The van der Waals surface area contributed by atoms with Gasteiger partial charge in [0.1, 0.15) is 0 Å². The van der Waals surface area contributed by atoms with Gasteiger partial charge in [-0.25, -0.2) is 0 Å². The Hall–Kier alpha value is -1.82. The molecule has 0 amide bonds. The first-order valence-corrected chi connectivity index (χ1v) is 13.1. The molecule has 1 saturated carbocycles. The molecule has 4 rings (SSSR count). The predicted molar refractivity (Wildman–Crippen MR) is 135 cm³/mol. The molecule has 0 nitrogen and oxygen atoms in total. The first-order chi connectivity index (χ1) is 15.3. The number of hydrogen-bond donors (Lipinski definition) is 0. The second-order valence-electron chi connectivity index (χ2n) is 10.2. The summed E-state index contributed by atoms with van der Waals surface area (Å²) in [5, 5.41) is 0. The van der Waals surface area contributed by atoms with E-state index in [0.717, 1.165) is 11.8 Å². The molecule has 0 aromatic heterocycles. The van der Waals surface area contributed by atoms with Gasteiger partial charge in [-0.05, 0) is 123 Å². The van der Waals surface area contributed by atoms with Gasteiger partial charge in [0.25, 0.3) is 0 Å². The molecule has 1 fully saturated rings. The molecule has 31 heavy (non-hydrogen) atoms. The van der Waals surface area contributed by atoms with Gasteiger partial charge in [0, 0.05) is 0 Å². The fourth-order valence-corrected chi connectivity index (χ4v) is 5.95. The number of benzene rings is 2. The third-order valence-electron chi connectivity index (χ3n) is 8.02. The van der Waals surface area contributed by atoms with Gasteiger partial charge in [0.2, 0.25) is 0 Å². The first-order valence-electron chi connectivity index (χ1n) is 13.1. The van der Waals surface area contributed by atoms with Crippen molar-refractivity contribution in [3.63, 3.8) is 0 Å². The Kier molecular flexibility index (Phi) is 8.06. The van der Waals surface area contributed by atoms with E-state index in [1.807, 2.05) is 0 Å². The Balaban J connectivity index is 1.32. The second-order valence-corrected chi connectivity index (χ2v) is 10.2. The highest BCUT2D eigenvalue weighted by Crippen LogP contribution is 2.39. The van der Waals surface area contributed by atoms with E-state index >= 15 is 0 Å². The van der Waals surface area contributed by atoms with Gasteiger partial charge in [-0.2, -0.15) is 0 Å². The summed E-state index contributed by atoms with van der Waals surface area (Å²) in [5.41, 5.74) is 7.90. The Morgan fingerprint density at radius 2 is 1.58 bits per heavy atom. The van der Waals surface area contributed by atoms with Gasteiger partial charge in [-0.15, -0.1) is 0 Å². The minimum Gasteiger partial charge on any atom is -0.0917 e. The van der Waals surface area contributed by atoms with Crippen molar-refractivity contribution in [2.24, 2.45) is 5.92 Å². The minimum absolute atomic E-state index is 0.699. The third-order valence-corrected chi connectivity index (χ3v) is 8.02. The Labute approximate surface area is 191 Å². The van der Waals surface area contributed by atoms with Crippen LogP contribution in [0.4, 0.5) is 0 Å². The highest BCUT2D eigenvalue weighted by atomic mass is 14.3. The number of allylic oxidation sites excluding steroid dienone is 2. The Morgan fingerprint density at radius 1 is 0.839 bits per heavy atom. The van der Waals surface area contributed by atoms with Crippen LogP contribution in [0.2, 0.25) is 0 Å². The van der Waals surface area contributed by atoms with Crippen LogP contribution >= 0.6 is 0 Å². The van der Waals surface area contributed by atoms with Gasteiger partial charge < -0.3 is 0 Å². The quantitative estimate of drug-likeness (QED) is 0.378. The van der Waals surface area contributed by atoms with Crippen molar-refractivity contribution in [3.05, 3.63) is 82.4 Å². The Morgan fingerprint density at radius 3 is 2.29 bits per heavy atom. The van der Waals surface area contributed by atoms with Crippen molar-refractivity contribution in [3.8, 4) is 0 Å². The molecule has 2 aromatic carbocycles. The lowest BCUT2D eigenvalue weighted by Crippen LogP contribution is -2.14. The molecule has 2 aromatic rings. The summed E-state index contributed by atoms with van der Waals surface area (Å²) in [7, 11) is 0. The monoisotopic (exact) mass is 414 g/mol. The lowest BCUT2D eigenvalue weighted by molar-refractivity contribution is 0.312. The smallest absolute Gasteiger partial charge is 0.0118 e. The van der Waals surface area contributed by atoms with Crippen molar-refractivity contribution in [2.75, 3.05) is 0 Å². The van der Waals surface area contributed by atoms with E-state index in [4.69, 9.17) is 0 Å². The van der Waals surface area contributed by atoms with Crippen LogP contribution in [0.5, 0.6) is 0 Å². The summed E-state index contributed by atoms with van der Waals surface area (Å²) < 4.78 is 0. The highest BCUT2D eigenvalue weighted by molar-refractivity contribution is 5.38. The zero-order valence-electron chi connectivity index (χ0n) is 19.9. The fourth-order valence-electron chi connectivity index (χ4n) is 5.95. The third kappa shape index (κ3) is 5.91. The van der Waals surface area contributed by atoms with Crippen molar-refractivity contribution in [2.45, 2.75) is 103 Å². The molecule has 2 aliphatic rings. The van der Waals surface area contributed by atoms with E-state index in [0.29, 0.717) is 5.92 Å². The van der Waals surface area contributed by atoms with Crippen molar-refractivity contribution in [1.29, 1.82) is 0 Å². The standard InChI is InChI=1S/C31H42/c1-3-5-7-9-24-10-13-26(14-11-24)27-16-18-28(19-17-27)30-21-20-29-22-25(8-6-4-2)12-15-31(29)23-30/h3,5,12,15-19,22,24,26,30H,4,6-11,13-14,20-21,23H2,1-2H3/b5-3+. The maximum Gasteiger partial charge on any atom is -0.0118 e. The summed E-state index contributed by atoms with van der Waals surface area (Å²) in [6.07, 6.45) is 20.4. The summed E-state index contributed by atoms with van der Waals surface area (Å²) in [5.74, 6) is 2.45. The molecule has 0 heterocycles. The summed E-state index contributed by atoms with van der Waals surface area (Å²) >= 11 is 0. The molecular weight excluding hydrogens is 372 g/mol. The average molecular weight is 415 g/mol. The molecule has 2 aliphatic carbocycles. The number of rotatable bonds is 8. The summed E-state index contributed by atoms with van der Waals surface area (Å²) in [6.45, 7) is 4.42. The van der Waals surface area contributed by atoms with Crippen LogP contribution in [0.1, 0.15) is 111 Å². The molecule has 0 saturated heterocycles. The zero-order valence-corrected chi connectivity index (χ0v) is 19.9. The number of aryl methyl sites for hydroxylation is 2. The molecular formula is C31H42. The Bertz CT molecular complexity index is 833. The maximum atomic E-state index is 2.50. The molecule has 0 aliphatic heterocycles. The molecule has 0 radical (unpaired) electrons. The van der Waals surface area contributed by atoms with E-state index in [1.54, 1.807) is 27.8 Å². The topological polar surface area (TPSA) is 0 Å². The van der Waals surface area contributed by atoms with E-state index in [9.17, 15) is 0 Å². The number of unbranched alkanes of at least 4 members (excludes halogenated alkanes) is 1. The van der Waals surface area contributed by atoms with Crippen LogP contribution in [-0.4, -0.2) is 0 Å². The molecule has 0 heteroatoms. The second kappa shape index (κ2) is 11.2. The van der Waals surface area contributed by atoms with E-state index in [1.165, 1.54) is 77.0 Å². The minimum atomic E-state index is 0.699. The first kappa shape index (κ1) is 22.4. The van der Waals surface area contributed by atoms with Crippen LogP contribution in [0.3, 0.4) is 0 Å². The number of hydrogen-bond acceptors (Lipinski definition) is 0. The largest absolute Gasteiger partial charge is 0.0917 e. The van der Waals surface area contributed by atoms with Crippen molar-refractivity contribution in [1.82, 2.24) is 0 Å². The zero-order chi connectivity index (χ0) is 21.5. The van der Waals surface area contributed by atoms with Gasteiger partial charge >= 0.3 is 0 Å². The van der Waals surface area contributed by atoms with Crippen LogP contribution in [-0.2, 0) is 19.3 Å². The average Bonchev–Trinajstić information content (AvgIpc) is 2.83. The van der Waals surface area contributed by atoms with Crippen LogP contribution in [0.25, 0.3) is 0 Å². The van der Waals surface area contributed by atoms with Crippen LogP contribution in [0, 0.1) is 5.92 Å². The molecule has 0 bridgehead atoms.